The highest BCUT2D eigenvalue weighted by Gasteiger charge is 2.29. The van der Waals surface area contributed by atoms with Crippen LogP contribution in [0.5, 0.6) is 0 Å². The Morgan fingerprint density at radius 1 is 1.19 bits per heavy atom. The summed E-state index contributed by atoms with van der Waals surface area (Å²) in [6.07, 6.45) is 2.35. The summed E-state index contributed by atoms with van der Waals surface area (Å²) < 4.78 is 4.98. The van der Waals surface area contributed by atoms with E-state index in [9.17, 15) is 15.0 Å². The summed E-state index contributed by atoms with van der Waals surface area (Å²) in [7, 11) is 0. The van der Waals surface area contributed by atoms with Crippen LogP contribution in [-0.4, -0.2) is 35.7 Å². The Hall–Kier alpha value is -2.97. The van der Waals surface area contributed by atoms with E-state index in [1.165, 1.54) is 0 Å². The number of fused-ring (bicyclic) bond motifs is 3. The van der Waals surface area contributed by atoms with Crippen LogP contribution >= 0.6 is 15.9 Å². The van der Waals surface area contributed by atoms with Crippen molar-refractivity contribution in [1.29, 1.82) is 0 Å². The molecule has 0 spiro atoms. The summed E-state index contributed by atoms with van der Waals surface area (Å²) in [6.45, 7) is 0.652. The van der Waals surface area contributed by atoms with Crippen molar-refractivity contribution in [3.05, 3.63) is 81.7 Å². The van der Waals surface area contributed by atoms with Crippen molar-refractivity contribution >= 4 is 32.8 Å². The highest BCUT2D eigenvalue weighted by molar-refractivity contribution is 9.10. The fourth-order valence-corrected chi connectivity index (χ4v) is 4.89. The van der Waals surface area contributed by atoms with Crippen LogP contribution in [0.4, 0.5) is 0 Å². The molecule has 3 heterocycles. The maximum Gasteiger partial charge on any atom is 0.307 e. The number of para-hydroxylation sites is 1. The van der Waals surface area contributed by atoms with Crippen molar-refractivity contribution in [2.75, 3.05) is 0 Å². The molecule has 0 amide bonds. The maximum absolute atomic E-state index is 11.5. The number of hydrogen-bond acceptors (Lipinski definition) is 4. The number of aromatic nitrogens is 4. The molecule has 1 aliphatic rings. The van der Waals surface area contributed by atoms with Crippen LogP contribution in [-0.2, 0) is 24.2 Å². The molecule has 0 radical (unpaired) electrons. The Morgan fingerprint density at radius 3 is 2.74 bits per heavy atom. The zero-order valence-electron chi connectivity index (χ0n) is 16.6. The van der Waals surface area contributed by atoms with Crippen LogP contribution in [0.2, 0.25) is 0 Å². The van der Waals surface area contributed by atoms with E-state index in [0.717, 1.165) is 45.0 Å². The minimum absolute atomic E-state index is 0.0172. The van der Waals surface area contributed by atoms with Gasteiger partial charge in [0, 0.05) is 27.6 Å². The number of rotatable bonds is 5. The normalized spacial score (nSPS) is 16.9. The van der Waals surface area contributed by atoms with Gasteiger partial charge < -0.3 is 14.8 Å². The van der Waals surface area contributed by atoms with Crippen molar-refractivity contribution < 1.29 is 15.0 Å². The smallest absolute Gasteiger partial charge is 0.307 e. The van der Waals surface area contributed by atoms with Crippen LogP contribution in [0.25, 0.3) is 10.9 Å². The summed E-state index contributed by atoms with van der Waals surface area (Å²) in [5, 5.41) is 29.8. The molecule has 0 saturated heterocycles. The number of carbonyl (C=O) groups is 1. The third kappa shape index (κ3) is 3.55. The quantitative estimate of drug-likeness (QED) is 0.451. The highest BCUT2D eigenvalue weighted by Crippen LogP contribution is 2.35. The van der Waals surface area contributed by atoms with Gasteiger partial charge in [-0.15, -0.1) is 5.10 Å². The van der Waals surface area contributed by atoms with Gasteiger partial charge in [-0.05, 0) is 42.2 Å². The van der Waals surface area contributed by atoms with Gasteiger partial charge in [0.1, 0.15) is 6.10 Å². The topological polar surface area (TPSA) is 93.2 Å². The summed E-state index contributed by atoms with van der Waals surface area (Å²) in [4.78, 5) is 11.5. The number of carboxylic acids is 1. The lowest BCUT2D eigenvalue weighted by Gasteiger charge is -2.28. The highest BCUT2D eigenvalue weighted by atomic mass is 79.9. The maximum atomic E-state index is 11.5. The third-order valence-corrected chi connectivity index (χ3v) is 6.57. The predicted molar refractivity (Wildman–Crippen MR) is 119 cm³/mol. The number of aliphatic hydroxyl groups is 1. The fraction of sp³-hybridized carbons (Fsp3) is 0.261. The fourth-order valence-electron chi connectivity index (χ4n) is 4.62. The average Bonchev–Trinajstić information content (AvgIpc) is 3.37. The van der Waals surface area contributed by atoms with E-state index in [1.807, 2.05) is 53.2 Å². The lowest BCUT2D eigenvalue weighted by Crippen LogP contribution is -2.26. The van der Waals surface area contributed by atoms with Gasteiger partial charge in [-0.1, -0.05) is 51.5 Å². The van der Waals surface area contributed by atoms with E-state index in [-0.39, 0.29) is 12.5 Å². The van der Waals surface area contributed by atoms with Gasteiger partial charge in [-0.2, -0.15) is 0 Å². The number of carboxylic acid groups (broad SMARTS) is 1. The molecule has 158 valence electrons. The number of aliphatic carboxylic acids is 1. The van der Waals surface area contributed by atoms with Gasteiger partial charge in [0.15, 0.2) is 0 Å². The number of hydrogen-bond donors (Lipinski definition) is 2. The van der Waals surface area contributed by atoms with Crippen LogP contribution < -0.4 is 0 Å². The molecule has 2 unspecified atom stereocenters. The van der Waals surface area contributed by atoms with Crippen LogP contribution in [0.1, 0.15) is 41.1 Å². The van der Waals surface area contributed by atoms with Gasteiger partial charge in [-0.3, -0.25) is 4.79 Å². The first kappa shape index (κ1) is 20.0. The SMILES string of the molecule is O=C(O)Cc1c2n(c3ccccc13)CC(n1nncc1C(O)c1ccc(Br)cc1)CC2. The van der Waals surface area contributed by atoms with E-state index in [2.05, 4.69) is 30.8 Å². The molecule has 7 nitrogen and oxygen atoms in total. The minimum atomic E-state index is -0.825. The molecular weight excluding hydrogens is 460 g/mol. The molecule has 0 fully saturated rings. The van der Waals surface area contributed by atoms with E-state index in [1.54, 1.807) is 6.20 Å². The van der Waals surface area contributed by atoms with Crippen LogP contribution in [0.3, 0.4) is 0 Å². The van der Waals surface area contributed by atoms with Crippen molar-refractivity contribution in [2.24, 2.45) is 0 Å². The molecule has 0 aliphatic carbocycles. The second-order valence-corrected chi connectivity index (χ2v) is 8.79. The van der Waals surface area contributed by atoms with Crippen molar-refractivity contribution in [3.63, 3.8) is 0 Å². The largest absolute Gasteiger partial charge is 0.481 e. The molecule has 2 aromatic heterocycles. The zero-order valence-corrected chi connectivity index (χ0v) is 18.2. The molecule has 1 aliphatic heterocycles. The molecular formula is C23H21BrN4O3. The van der Waals surface area contributed by atoms with Gasteiger partial charge in [-0.25, -0.2) is 4.68 Å². The Bertz CT molecular complexity index is 1260. The zero-order chi connectivity index (χ0) is 21.5. The minimum Gasteiger partial charge on any atom is -0.481 e. The van der Waals surface area contributed by atoms with E-state index in [4.69, 9.17) is 0 Å². The molecule has 2 atom stereocenters. The van der Waals surface area contributed by atoms with E-state index >= 15 is 0 Å². The second-order valence-electron chi connectivity index (χ2n) is 7.87. The van der Waals surface area contributed by atoms with Crippen molar-refractivity contribution in [3.8, 4) is 0 Å². The molecule has 0 saturated carbocycles. The lowest BCUT2D eigenvalue weighted by molar-refractivity contribution is -0.136. The number of aliphatic hydroxyl groups excluding tert-OH is 1. The van der Waals surface area contributed by atoms with Gasteiger partial charge in [0.2, 0.25) is 0 Å². The predicted octanol–water partition coefficient (Wildman–Crippen LogP) is 3.89. The number of halogens is 1. The second kappa shape index (κ2) is 7.94. The molecule has 5 rings (SSSR count). The first-order chi connectivity index (χ1) is 15.0. The first-order valence-corrected chi connectivity index (χ1v) is 11.0. The molecule has 0 bridgehead atoms. The molecule has 4 aromatic rings. The lowest BCUT2D eigenvalue weighted by atomic mass is 9.99. The van der Waals surface area contributed by atoms with Crippen LogP contribution in [0.15, 0.2) is 59.2 Å². The van der Waals surface area contributed by atoms with E-state index < -0.39 is 12.1 Å². The summed E-state index contributed by atoms with van der Waals surface area (Å²) in [5.41, 5.74) is 4.44. The number of benzene rings is 2. The standard InChI is InChI=1S/C23H21BrN4O3/c24-15-7-5-14(6-8-15)23(31)21-12-25-26-28(21)16-9-10-20-18(11-22(29)30)17-3-1-2-4-19(17)27(20)13-16/h1-8,12,16,23,31H,9-11,13H2,(H,29,30). The summed E-state index contributed by atoms with van der Waals surface area (Å²) in [6, 6.07) is 15.5. The molecule has 2 N–H and O–H groups in total. The number of nitrogens with zero attached hydrogens (tertiary/aromatic N) is 4. The molecule has 8 heteroatoms. The Kier molecular flexibility index (Phi) is 5.11. The summed E-state index contributed by atoms with van der Waals surface area (Å²) in [5.74, 6) is -0.822. The van der Waals surface area contributed by atoms with Crippen molar-refractivity contribution in [1.82, 2.24) is 19.6 Å². The van der Waals surface area contributed by atoms with Gasteiger partial charge >= 0.3 is 5.97 Å². The molecule has 2 aromatic carbocycles. The average molecular weight is 481 g/mol. The Morgan fingerprint density at radius 2 is 1.97 bits per heavy atom. The van der Waals surface area contributed by atoms with E-state index in [0.29, 0.717) is 12.2 Å². The summed E-state index contributed by atoms with van der Waals surface area (Å²) >= 11 is 3.42. The first-order valence-electron chi connectivity index (χ1n) is 10.2. The molecule has 31 heavy (non-hydrogen) atoms. The Labute approximate surface area is 187 Å². The van der Waals surface area contributed by atoms with Crippen molar-refractivity contribution in [2.45, 2.75) is 38.0 Å². The Balaban J connectivity index is 1.51. The van der Waals surface area contributed by atoms with Crippen LogP contribution in [0, 0.1) is 0 Å². The third-order valence-electron chi connectivity index (χ3n) is 6.04. The van der Waals surface area contributed by atoms with Gasteiger partial charge in [0.05, 0.1) is 24.4 Å². The monoisotopic (exact) mass is 480 g/mol. The van der Waals surface area contributed by atoms with Gasteiger partial charge in [0.25, 0.3) is 0 Å².